The summed E-state index contributed by atoms with van der Waals surface area (Å²) in [5.41, 5.74) is 7.88. The second kappa shape index (κ2) is 15.6. The zero-order valence-corrected chi connectivity index (χ0v) is 25.3. The number of carbonyl (C=O) groups is 1. The van der Waals surface area contributed by atoms with Crippen LogP contribution in [0.1, 0.15) is 35.6 Å². The van der Waals surface area contributed by atoms with Gasteiger partial charge in [-0.15, -0.1) is 0 Å². The van der Waals surface area contributed by atoms with Crippen LogP contribution in [-0.4, -0.2) is 38.0 Å². The van der Waals surface area contributed by atoms with Gasteiger partial charge in [-0.1, -0.05) is 49.7 Å². The lowest BCUT2D eigenvalue weighted by molar-refractivity contribution is -0.191. The lowest BCUT2D eigenvalue weighted by Crippen LogP contribution is -2.22. The maximum atomic E-state index is 15.2. The van der Waals surface area contributed by atoms with Gasteiger partial charge in [-0.05, 0) is 89.0 Å². The molecule has 0 saturated carbocycles. The van der Waals surface area contributed by atoms with Crippen molar-refractivity contribution in [3.63, 3.8) is 0 Å². The number of aliphatic carboxylic acids is 1. The van der Waals surface area contributed by atoms with Crippen molar-refractivity contribution in [3.05, 3.63) is 94.6 Å². The number of nitrogens with one attached hydrogen (secondary N) is 1. The van der Waals surface area contributed by atoms with Crippen LogP contribution in [-0.2, 0) is 27.3 Å². The van der Waals surface area contributed by atoms with Crippen molar-refractivity contribution >= 4 is 12.1 Å². The highest BCUT2D eigenvalue weighted by atomic mass is 19.1. The first kappa shape index (κ1) is 33.6. The molecule has 0 aliphatic rings. The minimum absolute atomic E-state index is 0.0252. The zero-order valence-electron chi connectivity index (χ0n) is 25.3. The van der Waals surface area contributed by atoms with E-state index in [-0.39, 0.29) is 30.6 Å². The molecule has 0 fully saturated rings. The van der Waals surface area contributed by atoms with Crippen molar-refractivity contribution in [2.24, 2.45) is 0 Å². The molecule has 2 N–H and O–H groups in total. The molecule has 0 atom stereocenters. The number of rotatable bonds is 11. The summed E-state index contributed by atoms with van der Waals surface area (Å²) in [6.45, 7) is 5.76. The monoisotopic (exact) mass is 603 g/mol. The van der Waals surface area contributed by atoms with Crippen molar-refractivity contribution in [1.82, 2.24) is 5.32 Å². The van der Waals surface area contributed by atoms with E-state index in [1.807, 2.05) is 63.2 Å². The van der Waals surface area contributed by atoms with Crippen molar-refractivity contribution < 1.29 is 37.7 Å². The van der Waals surface area contributed by atoms with Crippen LogP contribution in [0.5, 0.6) is 11.5 Å². The van der Waals surface area contributed by atoms with E-state index in [1.165, 1.54) is 13.2 Å². The second-order valence-electron chi connectivity index (χ2n) is 10.1. The normalized spacial score (nSPS) is 10.4. The average molecular weight is 604 g/mol. The molecule has 44 heavy (non-hydrogen) atoms. The van der Waals surface area contributed by atoms with E-state index in [4.69, 9.17) is 24.2 Å². The highest BCUT2D eigenvalue weighted by Gasteiger charge is 2.18. The minimum Gasteiger partial charge on any atom is -0.496 e. The number of carboxylic acid groups (broad SMARTS) is 1. The quantitative estimate of drug-likeness (QED) is 0.188. The Labute approximate surface area is 255 Å². The van der Waals surface area contributed by atoms with E-state index in [1.54, 1.807) is 19.2 Å². The van der Waals surface area contributed by atoms with Crippen molar-refractivity contribution in [2.45, 2.75) is 40.2 Å². The van der Waals surface area contributed by atoms with Gasteiger partial charge in [0, 0.05) is 17.7 Å². The summed E-state index contributed by atoms with van der Waals surface area (Å²) in [6.07, 6.45) is 1.67. The summed E-state index contributed by atoms with van der Waals surface area (Å²) in [6, 6.07) is 18.5. The van der Waals surface area contributed by atoms with Gasteiger partial charge < -0.3 is 19.9 Å². The van der Waals surface area contributed by atoms with E-state index in [9.17, 15) is 4.79 Å². The number of carbonyl (C=O) groups excluding carboxylic acids is 2. The molecule has 0 heterocycles. The first-order valence-corrected chi connectivity index (χ1v) is 14.0. The molecule has 0 radical (unpaired) electrons. The fourth-order valence-corrected chi connectivity index (χ4v) is 5.34. The molecule has 0 unspecified atom stereocenters. The average Bonchev–Trinajstić information content (AvgIpc) is 2.99. The molecule has 0 amide bonds. The van der Waals surface area contributed by atoms with E-state index >= 15 is 8.78 Å². The third kappa shape index (κ3) is 7.56. The van der Waals surface area contributed by atoms with Gasteiger partial charge in [0.2, 0.25) is 0 Å². The van der Waals surface area contributed by atoms with Gasteiger partial charge in [-0.2, -0.15) is 9.59 Å². The van der Waals surface area contributed by atoms with E-state index < -0.39 is 11.8 Å². The third-order valence-electron chi connectivity index (χ3n) is 7.41. The third-order valence-corrected chi connectivity index (χ3v) is 7.41. The first-order chi connectivity index (χ1) is 21.1. The van der Waals surface area contributed by atoms with Crippen LogP contribution < -0.4 is 14.8 Å². The topological polar surface area (TPSA) is 102 Å². The molecular weight excluding hydrogens is 568 g/mol. The lowest BCUT2D eigenvalue weighted by Gasteiger charge is -2.18. The highest BCUT2D eigenvalue weighted by Crippen LogP contribution is 2.39. The summed E-state index contributed by atoms with van der Waals surface area (Å²) in [5, 5.41) is 11.6. The molecule has 4 aromatic rings. The Morgan fingerprint density at radius 1 is 0.795 bits per heavy atom. The molecule has 230 valence electrons. The van der Waals surface area contributed by atoms with Crippen molar-refractivity contribution in [3.8, 4) is 44.9 Å². The van der Waals surface area contributed by atoms with Crippen LogP contribution in [0.25, 0.3) is 33.4 Å². The van der Waals surface area contributed by atoms with Crippen LogP contribution in [0.3, 0.4) is 0 Å². The summed E-state index contributed by atoms with van der Waals surface area (Å²) in [7, 11) is 3.02. The number of hydrogen-bond acceptors (Lipinski definition) is 6. The number of benzene rings is 4. The van der Waals surface area contributed by atoms with Crippen LogP contribution in [0.2, 0.25) is 0 Å². The molecule has 0 aliphatic heterocycles. The summed E-state index contributed by atoms with van der Waals surface area (Å²) in [5.74, 6) is -0.902. The van der Waals surface area contributed by atoms with Crippen LogP contribution in [0, 0.1) is 25.5 Å². The van der Waals surface area contributed by atoms with Crippen molar-refractivity contribution in [1.29, 1.82) is 0 Å². The molecule has 4 aromatic carbocycles. The number of halogens is 2. The van der Waals surface area contributed by atoms with Gasteiger partial charge in [0.25, 0.3) is 0 Å². The highest BCUT2D eigenvalue weighted by molar-refractivity contribution is 5.84. The predicted octanol–water partition coefficient (Wildman–Crippen LogP) is 7.14. The second-order valence-corrected chi connectivity index (χ2v) is 10.1. The minimum atomic E-state index is -1.02. The Kier molecular flexibility index (Phi) is 11.9. The lowest BCUT2D eigenvalue weighted by atomic mass is 9.87. The van der Waals surface area contributed by atoms with Crippen LogP contribution in [0.15, 0.2) is 60.7 Å². The predicted molar refractivity (Wildman–Crippen MR) is 164 cm³/mol. The standard InChI is InChI=1S/C34H35F2NO4.CO2/c1-6-9-28-30(35)14-22(16-32(28)40-4)24-10-7-12-26(20(24)2)27-13-8-11-25(21(27)3)23-15-31(36)29(33(17-23)41-5)18-37-19-34(38)39;2-1-3/h7-8,10-17,37H,6,9,18-19H2,1-5H3,(H,38,39);. The molecule has 0 saturated heterocycles. The molecule has 9 heteroatoms. The summed E-state index contributed by atoms with van der Waals surface area (Å²) < 4.78 is 41.3. The molecule has 0 aromatic heterocycles. The maximum absolute atomic E-state index is 15.2. The van der Waals surface area contributed by atoms with Gasteiger partial charge in [0.05, 0.1) is 20.8 Å². The van der Waals surface area contributed by atoms with Gasteiger partial charge in [0.1, 0.15) is 23.1 Å². The van der Waals surface area contributed by atoms with Gasteiger partial charge in [-0.3, -0.25) is 4.79 Å². The molecule has 4 rings (SSSR count). The van der Waals surface area contributed by atoms with Crippen molar-refractivity contribution in [2.75, 3.05) is 20.8 Å². The Bertz CT molecular complexity index is 1680. The van der Waals surface area contributed by atoms with E-state index in [2.05, 4.69) is 5.32 Å². The molecule has 0 spiro atoms. The summed E-state index contributed by atoms with van der Waals surface area (Å²) >= 11 is 0. The Hall–Kier alpha value is -4.85. The van der Waals surface area contributed by atoms with E-state index in [0.717, 1.165) is 45.4 Å². The molecule has 0 bridgehead atoms. The largest absolute Gasteiger partial charge is 0.496 e. The van der Waals surface area contributed by atoms with Gasteiger partial charge in [0.15, 0.2) is 0 Å². The molecule has 0 aliphatic carbocycles. The molecular formula is C35H35F2NO6. The maximum Gasteiger partial charge on any atom is 0.373 e. The number of hydrogen-bond donors (Lipinski definition) is 2. The fourth-order valence-electron chi connectivity index (χ4n) is 5.34. The van der Waals surface area contributed by atoms with Gasteiger partial charge in [-0.25, -0.2) is 8.78 Å². The zero-order chi connectivity index (χ0) is 32.4. The fraction of sp³-hybridized carbons (Fsp3) is 0.257. The summed E-state index contributed by atoms with van der Waals surface area (Å²) in [4.78, 5) is 27.1. The number of methoxy groups -OCH3 is 2. The van der Waals surface area contributed by atoms with Gasteiger partial charge >= 0.3 is 12.1 Å². The number of ether oxygens (including phenoxy) is 2. The van der Waals surface area contributed by atoms with Crippen LogP contribution >= 0.6 is 0 Å². The van der Waals surface area contributed by atoms with E-state index in [0.29, 0.717) is 29.0 Å². The SMILES string of the molecule is CCCc1c(F)cc(-c2cccc(-c3cccc(-c4cc(F)c(CNCC(=O)O)c(OC)c4)c3C)c2C)cc1OC.O=C=O. The molecule has 7 nitrogen and oxygen atoms in total. The smallest absolute Gasteiger partial charge is 0.373 e. The van der Waals surface area contributed by atoms with Crippen LogP contribution in [0.4, 0.5) is 8.78 Å². The first-order valence-electron chi connectivity index (χ1n) is 14.0. The Balaban J connectivity index is 0.00000169. The Morgan fingerprint density at radius 2 is 1.23 bits per heavy atom. The number of carboxylic acids is 1. The Morgan fingerprint density at radius 3 is 1.66 bits per heavy atom.